The van der Waals surface area contributed by atoms with E-state index in [2.05, 4.69) is 21.4 Å². The van der Waals surface area contributed by atoms with E-state index in [-0.39, 0.29) is 0 Å². The van der Waals surface area contributed by atoms with Gasteiger partial charge in [0.25, 0.3) is 0 Å². The molecule has 94 valence electrons. The fourth-order valence-corrected chi connectivity index (χ4v) is 2.30. The fraction of sp³-hybridized carbons (Fsp3) is 0.167. The molecule has 0 aliphatic heterocycles. The quantitative estimate of drug-likeness (QED) is 0.737. The summed E-state index contributed by atoms with van der Waals surface area (Å²) in [5.74, 6) is 0. The lowest BCUT2D eigenvalue weighted by atomic mass is 10.2. The van der Waals surface area contributed by atoms with E-state index in [0.717, 1.165) is 11.0 Å². The summed E-state index contributed by atoms with van der Waals surface area (Å²) >= 11 is 5.31. The molecule has 0 aliphatic rings. The van der Waals surface area contributed by atoms with Crippen molar-refractivity contribution in [2.75, 3.05) is 0 Å². The molecule has 0 amide bonds. The number of aromatic amines is 1. The Labute approximate surface area is 113 Å². The molecule has 0 atom stereocenters. The Kier molecular flexibility index (Phi) is 2.85. The minimum absolute atomic E-state index is 0.621. The van der Waals surface area contributed by atoms with Gasteiger partial charge in [-0.2, -0.15) is 5.26 Å². The zero-order valence-electron chi connectivity index (χ0n) is 9.95. The molecular weight excluding hydrogens is 260 g/mol. The van der Waals surface area contributed by atoms with Gasteiger partial charge < -0.3 is 9.55 Å². The second-order valence-electron chi connectivity index (χ2n) is 4.09. The van der Waals surface area contributed by atoms with Crippen molar-refractivity contribution >= 4 is 23.3 Å². The summed E-state index contributed by atoms with van der Waals surface area (Å²) < 4.78 is 4.35. The molecule has 0 saturated carbocycles. The van der Waals surface area contributed by atoms with E-state index < -0.39 is 0 Å². The molecule has 0 radical (unpaired) electrons. The molecule has 1 N–H and O–H groups in total. The van der Waals surface area contributed by atoms with Crippen LogP contribution in [0.4, 0.5) is 0 Å². The first-order valence-corrected chi connectivity index (χ1v) is 6.15. The summed E-state index contributed by atoms with van der Waals surface area (Å²) in [6.45, 7) is 1.36. The molecule has 0 saturated heterocycles. The van der Waals surface area contributed by atoms with Gasteiger partial charge in [0.15, 0.2) is 4.77 Å². The van der Waals surface area contributed by atoms with Crippen molar-refractivity contribution in [3.05, 3.63) is 40.9 Å². The van der Waals surface area contributed by atoms with E-state index in [1.54, 1.807) is 23.1 Å². The monoisotopic (exact) mass is 270 g/mol. The van der Waals surface area contributed by atoms with E-state index in [0.29, 0.717) is 23.4 Å². The zero-order valence-corrected chi connectivity index (χ0v) is 10.8. The number of aryl methyl sites for hydroxylation is 2. The van der Waals surface area contributed by atoms with Crippen LogP contribution in [-0.2, 0) is 13.1 Å². The zero-order chi connectivity index (χ0) is 13.2. The molecule has 0 fully saturated rings. The van der Waals surface area contributed by atoms with Gasteiger partial charge in [-0.15, -0.1) is 5.10 Å². The molecule has 2 aromatic heterocycles. The van der Waals surface area contributed by atoms with Crippen molar-refractivity contribution in [1.82, 2.24) is 24.5 Å². The summed E-state index contributed by atoms with van der Waals surface area (Å²) in [5, 5.41) is 16.6. The molecule has 7 heteroatoms. The first kappa shape index (κ1) is 11.6. The van der Waals surface area contributed by atoms with Crippen LogP contribution >= 0.6 is 12.2 Å². The third kappa shape index (κ3) is 2.13. The van der Waals surface area contributed by atoms with E-state index in [1.807, 2.05) is 16.7 Å². The highest BCUT2D eigenvalue weighted by Gasteiger charge is 2.05. The third-order valence-electron chi connectivity index (χ3n) is 2.93. The van der Waals surface area contributed by atoms with Gasteiger partial charge in [-0.1, -0.05) is 5.21 Å². The lowest BCUT2D eigenvalue weighted by molar-refractivity contribution is 0.523. The summed E-state index contributed by atoms with van der Waals surface area (Å²) in [6, 6.07) is 7.62. The highest BCUT2D eigenvalue weighted by molar-refractivity contribution is 7.71. The number of aromatic nitrogens is 5. The molecule has 1 aromatic carbocycles. The van der Waals surface area contributed by atoms with E-state index in [4.69, 9.17) is 17.5 Å². The Morgan fingerprint density at radius 3 is 3.00 bits per heavy atom. The number of imidazole rings is 1. The van der Waals surface area contributed by atoms with Gasteiger partial charge in [-0.05, 0) is 30.4 Å². The SMILES string of the molecule is N#Cc1ccc2[nH]c(=S)n(CCn3ccnn3)c2c1. The Balaban J connectivity index is 2.00. The van der Waals surface area contributed by atoms with Crippen LogP contribution < -0.4 is 0 Å². The normalized spacial score (nSPS) is 10.7. The van der Waals surface area contributed by atoms with Crippen LogP contribution in [0.5, 0.6) is 0 Å². The fourth-order valence-electron chi connectivity index (χ4n) is 2.00. The smallest absolute Gasteiger partial charge is 0.178 e. The third-order valence-corrected chi connectivity index (χ3v) is 3.25. The Morgan fingerprint density at radius 1 is 1.37 bits per heavy atom. The van der Waals surface area contributed by atoms with E-state index in [1.165, 1.54) is 0 Å². The maximum absolute atomic E-state index is 8.96. The van der Waals surface area contributed by atoms with Gasteiger partial charge in [0.1, 0.15) is 0 Å². The lowest BCUT2D eigenvalue weighted by Crippen LogP contribution is -2.08. The number of nitrogens with zero attached hydrogens (tertiary/aromatic N) is 5. The molecule has 0 aliphatic carbocycles. The van der Waals surface area contributed by atoms with E-state index >= 15 is 0 Å². The number of benzene rings is 1. The predicted molar refractivity (Wildman–Crippen MR) is 71.9 cm³/mol. The average molecular weight is 270 g/mol. The van der Waals surface area contributed by atoms with Crippen molar-refractivity contribution in [2.45, 2.75) is 13.1 Å². The summed E-state index contributed by atoms with van der Waals surface area (Å²) in [7, 11) is 0. The lowest BCUT2D eigenvalue weighted by Gasteiger charge is -2.04. The highest BCUT2D eigenvalue weighted by Crippen LogP contribution is 2.16. The van der Waals surface area contributed by atoms with Crippen molar-refractivity contribution < 1.29 is 0 Å². The average Bonchev–Trinajstić information content (AvgIpc) is 3.03. The molecule has 0 bridgehead atoms. The first-order chi connectivity index (χ1) is 9.28. The largest absolute Gasteiger partial charge is 0.331 e. The van der Waals surface area contributed by atoms with Crippen molar-refractivity contribution in [3.63, 3.8) is 0 Å². The highest BCUT2D eigenvalue weighted by atomic mass is 32.1. The maximum atomic E-state index is 8.96. The molecule has 19 heavy (non-hydrogen) atoms. The Bertz CT molecular complexity index is 805. The van der Waals surface area contributed by atoms with Crippen LogP contribution in [0.15, 0.2) is 30.6 Å². The molecule has 3 rings (SSSR count). The van der Waals surface area contributed by atoms with Crippen molar-refractivity contribution in [1.29, 1.82) is 5.26 Å². The second kappa shape index (κ2) is 4.66. The number of nitriles is 1. The Morgan fingerprint density at radius 2 is 2.26 bits per heavy atom. The van der Waals surface area contributed by atoms with Crippen LogP contribution in [0.1, 0.15) is 5.56 Å². The van der Waals surface area contributed by atoms with Crippen LogP contribution in [0.3, 0.4) is 0 Å². The van der Waals surface area contributed by atoms with Crippen LogP contribution in [-0.4, -0.2) is 24.5 Å². The molecule has 0 spiro atoms. The van der Waals surface area contributed by atoms with Crippen LogP contribution in [0.25, 0.3) is 11.0 Å². The Hall–Kier alpha value is -2.46. The van der Waals surface area contributed by atoms with Gasteiger partial charge in [0.2, 0.25) is 0 Å². The van der Waals surface area contributed by atoms with E-state index in [9.17, 15) is 0 Å². The van der Waals surface area contributed by atoms with Crippen LogP contribution in [0.2, 0.25) is 0 Å². The molecule has 2 heterocycles. The molecule has 6 nitrogen and oxygen atoms in total. The van der Waals surface area contributed by atoms with Crippen molar-refractivity contribution in [2.24, 2.45) is 0 Å². The standard InChI is InChI=1S/C12H10N6S/c13-8-9-1-2-10-11(7-9)18(12(19)15-10)6-5-17-4-3-14-16-17/h1-4,7H,5-6H2,(H,15,19). The van der Waals surface area contributed by atoms with Gasteiger partial charge in [-0.3, -0.25) is 4.68 Å². The van der Waals surface area contributed by atoms with Crippen molar-refractivity contribution in [3.8, 4) is 6.07 Å². The topological polar surface area (TPSA) is 75.2 Å². The van der Waals surface area contributed by atoms with Gasteiger partial charge >= 0.3 is 0 Å². The molecule has 3 aromatic rings. The van der Waals surface area contributed by atoms with Gasteiger partial charge in [-0.25, -0.2) is 0 Å². The minimum atomic E-state index is 0.621. The summed E-state index contributed by atoms with van der Waals surface area (Å²) in [5.41, 5.74) is 2.49. The van der Waals surface area contributed by atoms with Gasteiger partial charge in [0.05, 0.1) is 35.4 Å². The minimum Gasteiger partial charge on any atom is -0.331 e. The first-order valence-electron chi connectivity index (χ1n) is 5.75. The number of H-pyrrole nitrogens is 1. The molecular formula is C12H10N6S. The number of rotatable bonds is 3. The number of hydrogen-bond donors (Lipinski definition) is 1. The number of nitrogens with one attached hydrogen (secondary N) is 1. The summed E-state index contributed by atoms with van der Waals surface area (Å²) in [6.07, 6.45) is 3.45. The summed E-state index contributed by atoms with van der Waals surface area (Å²) in [4.78, 5) is 3.13. The number of fused-ring (bicyclic) bond motifs is 1. The second-order valence-corrected chi connectivity index (χ2v) is 4.48. The predicted octanol–water partition coefficient (Wildman–Crippen LogP) is 1.86. The van der Waals surface area contributed by atoms with Crippen LogP contribution in [0, 0.1) is 16.1 Å². The number of hydrogen-bond acceptors (Lipinski definition) is 4. The molecule has 0 unspecified atom stereocenters. The maximum Gasteiger partial charge on any atom is 0.178 e. The van der Waals surface area contributed by atoms with Gasteiger partial charge in [0, 0.05) is 12.7 Å².